The van der Waals surface area contributed by atoms with Crippen LogP contribution in [0.3, 0.4) is 0 Å². The Morgan fingerprint density at radius 1 is 1.25 bits per heavy atom. The Bertz CT molecular complexity index is 665. The number of hydrogen-bond acceptors (Lipinski definition) is 4. The summed E-state index contributed by atoms with van der Waals surface area (Å²) in [5.41, 5.74) is 0.699. The summed E-state index contributed by atoms with van der Waals surface area (Å²) in [5, 5.41) is 11.9. The monoisotopic (exact) mass is 311 g/mol. The van der Waals surface area contributed by atoms with E-state index in [9.17, 15) is 13.5 Å². The summed E-state index contributed by atoms with van der Waals surface area (Å²) in [4.78, 5) is 1.04. The van der Waals surface area contributed by atoms with Crippen molar-refractivity contribution in [3.8, 4) is 0 Å². The fourth-order valence-electron chi connectivity index (χ4n) is 1.93. The summed E-state index contributed by atoms with van der Waals surface area (Å²) in [5.74, 6) is 0. The molecule has 4 nitrogen and oxygen atoms in total. The van der Waals surface area contributed by atoms with E-state index in [2.05, 4.69) is 0 Å². The van der Waals surface area contributed by atoms with Crippen LogP contribution in [0.2, 0.25) is 0 Å². The van der Waals surface area contributed by atoms with Crippen molar-refractivity contribution in [1.82, 2.24) is 4.31 Å². The maximum Gasteiger partial charge on any atom is 0.243 e. The van der Waals surface area contributed by atoms with Crippen LogP contribution in [0.25, 0.3) is 0 Å². The van der Waals surface area contributed by atoms with Crippen molar-refractivity contribution in [2.24, 2.45) is 0 Å². The van der Waals surface area contributed by atoms with Gasteiger partial charge in [-0.05, 0) is 30.0 Å². The number of likely N-dealkylation sites (N-methyl/N-ethyl adjacent to an activating group) is 1. The van der Waals surface area contributed by atoms with Crippen LogP contribution in [0.1, 0.15) is 16.5 Å². The number of thiophene rings is 1. The standard InChI is InChI=1S/C14H17NO3S2/c1-11-6-3-4-8-14(11)20(17,18)15(2)10-12(16)13-7-5-9-19-13/h3-9,12,16H,10H2,1-2H3. The molecule has 1 heterocycles. The molecule has 0 saturated heterocycles. The Kier molecular flexibility index (Phi) is 4.59. The third-order valence-corrected chi connectivity index (χ3v) is 6.04. The third kappa shape index (κ3) is 3.09. The van der Waals surface area contributed by atoms with E-state index in [0.29, 0.717) is 5.56 Å². The molecule has 0 spiro atoms. The van der Waals surface area contributed by atoms with Gasteiger partial charge in [0.15, 0.2) is 0 Å². The molecule has 1 aromatic carbocycles. The Labute approximate surface area is 123 Å². The Morgan fingerprint density at radius 2 is 1.95 bits per heavy atom. The van der Waals surface area contributed by atoms with Gasteiger partial charge in [0.25, 0.3) is 0 Å². The summed E-state index contributed by atoms with van der Waals surface area (Å²) >= 11 is 1.41. The molecule has 0 radical (unpaired) electrons. The van der Waals surface area contributed by atoms with Gasteiger partial charge in [-0.2, -0.15) is 4.31 Å². The minimum absolute atomic E-state index is 0.0389. The van der Waals surface area contributed by atoms with Crippen molar-refractivity contribution in [1.29, 1.82) is 0 Å². The zero-order valence-corrected chi connectivity index (χ0v) is 13.0. The Morgan fingerprint density at radius 3 is 2.55 bits per heavy atom. The molecule has 1 atom stereocenters. The average molecular weight is 311 g/mol. The van der Waals surface area contributed by atoms with Gasteiger partial charge in [-0.1, -0.05) is 24.3 Å². The molecule has 0 bridgehead atoms. The highest BCUT2D eigenvalue weighted by Crippen LogP contribution is 2.23. The molecule has 0 saturated carbocycles. The molecule has 1 unspecified atom stereocenters. The summed E-state index contributed by atoms with van der Waals surface area (Å²) < 4.78 is 26.1. The number of aryl methyl sites for hydroxylation is 1. The predicted octanol–water partition coefficient (Wildman–Crippen LogP) is 2.41. The second-order valence-electron chi connectivity index (χ2n) is 4.58. The molecule has 6 heteroatoms. The lowest BCUT2D eigenvalue weighted by atomic mass is 10.2. The minimum atomic E-state index is -3.58. The van der Waals surface area contributed by atoms with E-state index in [1.165, 1.54) is 22.7 Å². The summed E-state index contributed by atoms with van der Waals surface area (Å²) in [7, 11) is -2.09. The maximum absolute atomic E-state index is 12.5. The summed E-state index contributed by atoms with van der Waals surface area (Å²) in [6.07, 6.45) is -0.807. The van der Waals surface area contributed by atoms with Crippen molar-refractivity contribution < 1.29 is 13.5 Å². The third-order valence-electron chi connectivity index (χ3n) is 3.08. The smallest absolute Gasteiger partial charge is 0.243 e. The van der Waals surface area contributed by atoms with Crippen molar-refractivity contribution in [2.75, 3.05) is 13.6 Å². The molecule has 1 N–H and O–H groups in total. The molecule has 0 aliphatic rings. The van der Waals surface area contributed by atoms with E-state index in [1.54, 1.807) is 37.3 Å². The zero-order chi connectivity index (χ0) is 14.8. The van der Waals surface area contributed by atoms with Crippen LogP contribution in [0.5, 0.6) is 0 Å². The van der Waals surface area contributed by atoms with Crippen LogP contribution in [-0.2, 0) is 10.0 Å². The SMILES string of the molecule is Cc1ccccc1S(=O)(=O)N(C)CC(O)c1cccs1. The lowest BCUT2D eigenvalue weighted by Crippen LogP contribution is -2.31. The van der Waals surface area contributed by atoms with Crippen LogP contribution in [0, 0.1) is 6.92 Å². The highest BCUT2D eigenvalue weighted by Gasteiger charge is 2.25. The Balaban J connectivity index is 2.20. The van der Waals surface area contributed by atoms with E-state index >= 15 is 0 Å². The van der Waals surface area contributed by atoms with E-state index in [-0.39, 0.29) is 11.4 Å². The van der Waals surface area contributed by atoms with Crippen molar-refractivity contribution in [3.05, 3.63) is 52.2 Å². The number of benzene rings is 1. The summed E-state index contributed by atoms with van der Waals surface area (Å²) in [6, 6.07) is 10.5. The molecule has 2 aromatic rings. The number of rotatable bonds is 5. The van der Waals surface area contributed by atoms with E-state index in [4.69, 9.17) is 0 Å². The van der Waals surface area contributed by atoms with Gasteiger partial charge in [0.05, 0.1) is 4.90 Å². The van der Waals surface area contributed by atoms with Crippen molar-refractivity contribution in [2.45, 2.75) is 17.9 Å². The fraction of sp³-hybridized carbons (Fsp3) is 0.286. The highest BCUT2D eigenvalue weighted by atomic mass is 32.2. The number of hydrogen-bond donors (Lipinski definition) is 1. The first-order valence-electron chi connectivity index (χ1n) is 6.16. The largest absolute Gasteiger partial charge is 0.386 e. The minimum Gasteiger partial charge on any atom is -0.386 e. The quantitative estimate of drug-likeness (QED) is 0.922. The summed E-state index contributed by atoms with van der Waals surface area (Å²) in [6.45, 7) is 1.80. The highest BCUT2D eigenvalue weighted by molar-refractivity contribution is 7.89. The molecule has 0 amide bonds. The van der Waals surface area contributed by atoms with E-state index in [0.717, 1.165) is 4.88 Å². The van der Waals surface area contributed by atoms with Crippen LogP contribution < -0.4 is 0 Å². The first-order valence-corrected chi connectivity index (χ1v) is 8.48. The first-order chi connectivity index (χ1) is 9.43. The van der Waals surface area contributed by atoms with Gasteiger partial charge in [-0.3, -0.25) is 0 Å². The van der Waals surface area contributed by atoms with Gasteiger partial charge in [0.1, 0.15) is 6.10 Å². The second-order valence-corrected chi connectivity index (χ2v) is 7.57. The molecular formula is C14H17NO3S2. The molecule has 0 aliphatic heterocycles. The molecule has 0 fully saturated rings. The molecule has 0 aliphatic carbocycles. The molecule has 108 valence electrons. The predicted molar refractivity (Wildman–Crippen MR) is 80.3 cm³/mol. The van der Waals surface area contributed by atoms with Gasteiger partial charge in [0, 0.05) is 18.5 Å². The van der Waals surface area contributed by atoms with Gasteiger partial charge < -0.3 is 5.11 Å². The fourth-order valence-corrected chi connectivity index (χ4v) is 4.03. The topological polar surface area (TPSA) is 57.6 Å². The lowest BCUT2D eigenvalue weighted by Gasteiger charge is -2.21. The number of aliphatic hydroxyl groups is 1. The lowest BCUT2D eigenvalue weighted by molar-refractivity contribution is 0.158. The van der Waals surface area contributed by atoms with Crippen LogP contribution >= 0.6 is 11.3 Å². The van der Waals surface area contributed by atoms with E-state index < -0.39 is 16.1 Å². The molecule has 2 rings (SSSR count). The van der Waals surface area contributed by atoms with E-state index in [1.807, 2.05) is 11.4 Å². The normalized spacial score (nSPS) is 13.6. The average Bonchev–Trinajstić information content (AvgIpc) is 2.92. The first kappa shape index (κ1) is 15.2. The van der Waals surface area contributed by atoms with Gasteiger partial charge >= 0.3 is 0 Å². The molecule has 20 heavy (non-hydrogen) atoms. The van der Waals surface area contributed by atoms with Crippen molar-refractivity contribution >= 4 is 21.4 Å². The second kappa shape index (κ2) is 6.05. The molecule has 1 aromatic heterocycles. The van der Waals surface area contributed by atoms with Gasteiger partial charge in [-0.15, -0.1) is 11.3 Å². The number of sulfonamides is 1. The van der Waals surface area contributed by atoms with Crippen LogP contribution in [-0.4, -0.2) is 31.4 Å². The zero-order valence-electron chi connectivity index (χ0n) is 11.4. The number of nitrogens with zero attached hydrogens (tertiary/aromatic N) is 1. The van der Waals surface area contributed by atoms with Gasteiger partial charge in [0.2, 0.25) is 10.0 Å². The van der Waals surface area contributed by atoms with Gasteiger partial charge in [-0.25, -0.2) is 8.42 Å². The number of aliphatic hydroxyl groups excluding tert-OH is 1. The van der Waals surface area contributed by atoms with Crippen LogP contribution in [0.15, 0.2) is 46.7 Å². The maximum atomic E-state index is 12.5. The Hall–Kier alpha value is -1.21. The molecular weight excluding hydrogens is 294 g/mol. The van der Waals surface area contributed by atoms with Crippen LogP contribution in [0.4, 0.5) is 0 Å². The van der Waals surface area contributed by atoms with Crippen molar-refractivity contribution in [3.63, 3.8) is 0 Å².